The predicted octanol–water partition coefficient (Wildman–Crippen LogP) is 2.74. The van der Waals surface area contributed by atoms with Crippen LogP contribution >= 0.6 is 0 Å². The Labute approximate surface area is 92.9 Å². The fourth-order valence-corrected chi connectivity index (χ4v) is 1.75. The van der Waals surface area contributed by atoms with Crippen molar-refractivity contribution in [3.05, 3.63) is 36.6 Å². The van der Waals surface area contributed by atoms with Crippen LogP contribution in [0.3, 0.4) is 0 Å². The van der Waals surface area contributed by atoms with Crippen molar-refractivity contribution >= 4 is 0 Å². The predicted molar refractivity (Wildman–Crippen MR) is 64.7 cm³/mol. The smallest absolute Gasteiger partial charge is 0.0762 e. The second-order valence-electron chi connectivity index (χ2n) is 3.88. The molecule has 1 aliphatic rings. The maximum absolute atomic E-state index is 5.34. The van der Waals surface area contributed by atoms with Gasteiger partial charge in [0, 0.05) is 25.9 Å². The van der Waals surface area contributed by atoms with Crippen molar-refractivity contribution in [1.29, 1.82) is 0 Å². The van der Waals surface area contributed by atoms with Crippen molar-refractivity contribution in [1.82, 2.24) is 4.90 Å². The van der Waals surface area contributed by atoms with Gasteiger partial charge in [-0.3, -0.25) is 0 Å². The van der Waals surface area contributed by atoms with E-state index in [2.05, 4.69) is 31.1 Å². The lowest BCUT2D eigenvalue weighted by Crippen LogP contribution is -2.21. The van der Waals surface area contributed by atoms with Gasteiger partial charge in [0.05, 0.1) is 6.10 Å². The number of hydrogen-bond acceptors (Lipinski definition) is 2. The molecule has 1 rings (SSSR count). The summed E-state index contributed by atoms with van der Waals surface area (Å²) in [7, 11) is 1.77. The number of likely N-dealkylation sites (tertiary alicyclic amines) is 1. The number of allylic oxidation sites excluding steroid dienone is 3. The van der Waals surface area contributed by atoms with Gasteiger partial charge in [0.15, 0.2) is 0 Å². The van der Waals surface area contributed by atoms with Gasteiger partial charge in [0.2, 0.25) is 0 Å². The number of methoxy groups -OCH3 is 1. The molecule has 0 radical (unpaired) electrons. The molecule has 0 N–H and O–H groups in total. The first kappa shape index (κ1) is 12.1. The molecule has 2 heteroatoms. The Morgan fingerprint density at radius 1 is 1.60 bits per heavy atom. The highest BCUT2D eigenvalue weighted by Crippen LogP contribution is 2.19. The van der Waals surface area contributed by atoms with E-state index in [9.17, 15) is 0 Å². The number of rotatable bonds is 5. The molecule has 1 heterocycles. The summed E-state index contributed by atoms with van der Waals surface area (Å²) in [5.74, 6) is 0. The van der Waals surface area contributed by atoms with Crippen LogP contribution in [0.1, 0.15) is 19.8 Å². The molecule has 15 heavy (non-hydrogen) atoms. The number of hydrogen-bond donors (Lipinski definition) is 0. The van der Waals surface area contributed by atoms with Gasteiger partial charge >= 0.3 is 0 Å². The fraction of sp³-hybridized carbons (Fsp3) is 0.538. The Morgan fingerprint density at radius 3 is 2.80 bits per heavy atom. The van der Waals surface area contributed by atoms with Crippen LogP contribution in [0.4, 0.5) is 0 Å². The molecule has 1 saturated heterocycles. The lowest BCUT2D eigenvalue weighted by atomic mass is 10.2. The van der Waals surface area contributed by atoms with Crippen molar-refractivity contribution in [2.24, 2.45) is 0 Å². The van der Waals surface area contributed by atoms with Gasteiger partial charge in [-0.15, -0.1) is 0 Å². The molecule has 1 atom stereocenters. The zero-order chi connectivity index (χ0) is 11.3. The highest BCUT2D eigenvalue weighted by Gasteiger charge is 2.22. The molecule has 0 aromatic heterocycles. The van der Waals surface area contributed by atoms with E-state index < -0.39 is 0 Å². The quantitative estimate of drug-likeness (QED) is 0.643. The molecule has 1 fully saturated rings. The zero-order valence-corrected chi connectivity index (χ0v) is 9.83. The minimum atomic E-state index is 0.364. The first-order chi connectivity index (χ1) is 7.21. The van der Waals surface area contributed by atoms with E-state index in [0.717, 1.165) is 31.5 Å². The van der Waals surface area contributed by atoms with Crippen molar-refractivity contribution in [3.8, 4) is 0 Å². The first-order valence-electron chi connectivity index (χ1n) is 5.50. The highest BCUT2D eigenvalue weighted by atomic mass is 16.5. The standard InChI is InChI=1S/C13H21NO/c1-5-11(3)9-12(6-2)14-8-7-13(10-14)15-4/h6,9,13H,2-3,5,7-8,10H2,1,4H3/b12-9+. The third kappa shape index (κ3) is 3.24. The first-order valence-corrected chi connectivity index (χ1v) is 5.50. The summed E-state index contributed by atoms with van der Waals surface area (Å²) < 4.78 is 5.34. The number of nitrogens with zero attached hydrogens (tertiary/aromatic N) is 1. The monoisotopic (exact) mass is 207 g/mol. The summed E-state index contributed by atoms with van der Waals surface area (Å²) in [5.41, 5.74) is 2.31. The SMILES string of the molecule is C=C/C(=C\C(=C)CC)N1CCC(OC)C1. The Bertz CT molecular complexity index is 268. The third-order valence-electron chi connectivity index (χ3n) is 2.86. The van der Waals surface area contributed by atoms with Crippen LogP contribution in [0.25, 0.3) is 0 Å². The summed E-state index contributed by atoms with van der Waals surface area (Å²) >= 11 is 0. The van der Waals surface area contributed by atoms with Gasteiger partial charge < -0.3 is 9.64 Å². The summed E-state index contributed by atoms with van der Waals surface area (Å²) in [6.07, 6.45) is 6.46. The fourth-order valence-electron chi connectivity index (χ4n) is 1.75. The van der Waals surface area contributed by atoms with Crippen LogP contribution < -0.4 is 0 Å². The van der Waals surface area contributed by atoms with Crippen LogP contribution in [0.5, 0.6) is 0 Å². The molecule has 0 aliphatic carbocycles. The minimum Gasteiger partial charge on any atom is -0.380 e. The van der Waals surface area contributed by atoms with Crippen molar-refractivity contribution in [2.75, 3.05) is 20.2 Å². The summed E-state index contributed by atoms with van der Waals surface area (Å²) in [5, 5.41) is 0. The Balaban J connectivity index is 2.64. The van der Waals surface area contributed by atoms with E-state index in [1.165, 1.54) is 5.70 Å². The second-order valence-corrected chi connectivity index (χ2v) is 3.88. The minimum absolute atomic E-state index is 0.364. The van der Waals surface area contributed by atoms with E-state index in [1.807, 2.05) is 6.08 Å². The summed E-state index contributed by atoms with van der Waals surface area (Å²) in [4.78, 5) is 2.31. The second kappa shape index (κ2) is 5.76. The molecule has 2 nitrogen and oxygen atoms in total. The molecule has 0 aromatic carbocycles. The van der Waals surface area contributed by atoms with Gasteiger partial charge in [-0.2, -0.15) is 0 Å². The average Bonchev–Trinajstić information content (AvgIpc) is 2.73. The number of ether oxygens (including phenoxy) is 1. The molecule has 0 aromatic rings. The van der Waals surface area contributed by atoms with Crippen molar-refractivity contribution < 1.29 is 4.74 Å². The summed E-state index contributed by atoms with van der Waals surface area (Å²) in [6, 6.07) is 0. The Hall–Kier alpha value is -1.02. The van der Waals surface area contributed by atoms with Crippen molar-refractivity contribution in [3.63, 3.8) is 0 Å². The normalized spacial score (nSPS) is 21.9. The average molecular weight is 207 g/mol. The molecule has 0 amide bonds. The molecule has 0 bridgehead atoms. The van der Waals surface area contributed by atoms with Gasteiger partial charge in [-0.1, -0.05) is 25.7 Å². The van der Waals surface area contributed by atoms with Gasteiger partial charge in [0.25, 0.3) is 0 Å². The molecular formula is C13H21NO. The highest BCUT2D eigenvalue weighted by molar-refractivity contribution is 5.27. The van der Waals surface area contributed by atoms with Crippen LogP contribution in [0.2, 0.25) is 0 Å². The van der Waals surface area contributed by atoms with Crippen LogP contribution in [-0.2, 0) is 4.74 Å². The molecule has 0 spiro atoms. The van der Waals surface area contributed by atoms with Crippen LogP contribution in [0.15, 0.2) is 36.6 Å². The lowest BCUT2D eigenvalue weighted by molar-refractivity contribution is 0.112. The van der Waals surface area contributed by atoms with Crippen LogP contribution in [-0.4, -0.2) is 31.2 Å². The van der Waals surface area contributed by atoms with Gasteiger partial charge in [0.1, 0.15) is 0 Å². The third-order valence-corrected chi connectivity index (χ3v) is 2.86. The molecular weight excluding hydrogens is 186 g/mol. The van der Waals surface area contributed by atoms with E-state index >= 15 is 0 Å². The lowest BCUT2D eigenvalue weighted by Gasteiger charge is -2.19. The van der Waals surface area contributed by atoms with E-state index in [4.69, 9.17) is 4.74 Å². The van der Waals surface area contributed by atoms with E-state index in [0.29, 0.717) is 6.10 Å². The van der Waals surface area contributed by atoms with E-state index in [-0.39, 0.29) is 0 Å². The molecule has 1 aliphatic heterocycles. The van der Waals surface area contributed by atoms with Gasteiger partial charge in [-0.25, -0.2) is 0 Å². The topological polar surface area (TPSA) is 12.5 Å². The maximum Gasteiger partial charge on any atom is 0.0762 e. The summed E-state index contributed by atoms with van der Waals surface area (Å²) in [6.45, 7) is 12.0. The Kier molecular flexibility index (Phi) is 4.63. The molecule has 0 saturated carbocycles. The van der Waals surface area contributed by atoms with E-state index in [1.54, 1.807) is 7.11 Å². The molecule has 84 valence electrons. The van der Waals surface area contributed by atoms with Crippen LogP contribution in [0, 0.1) is 0 Å². The zero-order valence-electron chi connectivity index (χ0n) is 9.83. The van der Waals surface area contributed by atoms with Crippen molar-refractivity contribution in [2.45, 2.75) is 25.9 Å². The van der Waals surface area contributed by atoms with Gasteiger partial charge in [-0.05, 0) is 25.0 Å². The maximum atomic E-state index is 5.34. The Morgan fingerprint density at radius 2 is 2.33 bits per heavy atom. The molecule has 1 unspecified atom stereocenters. The largest absolute Gasteiger partial charge is 0.380 e.